The van der Waals surface area contributed by atoms with Crippen molar-refractivity contribution in [3.8, 4) is 17.2 Å². The van der Waals surface area contributed by atoms with Crippen LogP contribution >= 0.6 is 0 Å². The lowest BCUT2D eigenvalue weighted by Gasteiger charge is -2.08. The molecule has 2 rings (SSSR count). The standard InChI is InChI=1S/C16H13NO2/c1-11-4-3-5-14(10-17)15(11)12-6-8-13(9-7-12)16(18)19-2/h3-9H,1-2H3. The molecule has 0 radical (unpaired) electrons. The molecule has 0 saturated carbocycles. The lowest BCUT2D eigenvalue weighted by Crippen LogP contribution is -2.00. The molecular weight excluding hydrogens is 238 g/mol. The molecule has 0 aliphatic heterocycles. The molecule has 0 fully saturated rings. The lowest BCUT2D eigenvalue weighted by atomic mass is 9.95. The van der Waals surface area contributed by atoms with Crippen molar-refractivity contribution in [1.82, 2.24) is 0 Å². The Morgan fingerprint density at radius 3 is 2.42 bits per heavy atom. The molecule has 0 bridgehead atoms. The zero-order valence-electron chi connectivity index (χ0n) is 10.8. The summed E-state index contributed by atoms with van der Waals surface area (Å²) in [5.74, 6) is -0.364. The third-order valence-corrected chi connectivity index (χ3v) is 2.99. The maximum absolute atomic E-state index is 11.4. The van der Waals surface area contributed by atoms with E-state index >= 15 is 0 Å². The van der Waals surface area contributed by atoms with Gasteiger partial charge in [-0.3, -0.25) is 0 Å². The van der Waals surface area contributed by atoms with Crippen LogP contribution in [0.3, 0.4) is 0 Å². The number of ether oxygens (including phenoxy) is 1. The highest BCUT2D eigenvalue weighted by molar-refractivity contribution is 5.90. The number of esters is 1. The molecule has 0 aliphatic rings. The highest BCUT2D eigenvalue weighted by Crippen LogP contribution is 2.27. The number of aryl methyl sites for hydroxylation is 1. The van der Waals surface area contributed by atoms with Crippen LogP contribution < -0.4 is 0 Å². The Morgan fingerprint density at radius 1 is 1.16 bits per heavy atom. The van der Waals surface area contributed by atoms with Crippen molar-refractivity contribution in [3.63, 3.8) is 0 Å². The number of hydrogen-bond acceptors (Lipinski definition) is 3. The summed E-state index contributed by atoms with van der Waals surface area (Å²) in [4.78, 5) is 11.4. The number of nitriles is 1. The summed E-state index contributed by atoms with van der Waals surface area (Å²) < 4.78 is 4.66. The molecule has 0 saturated heterocycles. The number of rotatable bonds is 2. The predicted octanol–water partition coefficient (Wildman–Crippen LogP) is 3.32. The largest absolute Gasteiger partial charge is 0.465 e. The van der Waals surface area contributed by atoms with Gasteiger partial charge < -0.3 is 4.74 Å². The Kier molecular flexibility index (Phi) is 3.63. The van der Waals surface area contributed by atoms with Crippen molar-refractivity contribution >= 4 is 5.97 Å². The van der Waals surface area contributed by atoms with E-state index in [1.807, 2.05) is 31.2 Å². The fraction of sp³-hybridized carbons (Fsp3) is 0.125. The predicted molar refractivity (Wildman–Crippen MR) is 72.7 cm³/mol. The summed E-state index contributed by atoms with van der Waals surface area (Å²) >= 11 is 0. The number of carbonyl (C=O) groups is 1. The number of methoxy groups -OCH3 is 1. The van der Waals surface area contributed by atoms with Gasteiger partial charge in [-0.2, -0.15) is 5.26 Å². The Morgan fingerprint density at radius 2 is 1.84 bits per heavy atom. The molecule has 19 heavy (non-hydrogen) atoms. The number of nitrogens with zero attached hydrogens (tertiary/aromatic N) is 1. The van der Waals surface area contributed by atoms with Crippen molar-refractivity contribution in [2.45, 2.75) is 6.92 Å². The van der Waals surface area contributed by atoms with Crippen LogP contribution in [0.15, 0.2) is 42.5 Å². The maximum atomic E-state index is 11.4. The molecular formula is C16H13NO2. The first-order chi connectivity index (χ1) is 9.17. The van der Waals surface area contributed by atoms with Crippen molar-refractivity contribution in [1.29, 1.82) is 5.26 Å². The van der Waals surface area contributed by atoms with Gasteiger partial charge in [0.05, 0.1) is 24.3 Å². The fourth-order valence-electron chi connectivity index (χ4n) is 2.03. The molecule has 0 aliphatic carbocycles. The first kappa shape index (κ1) is 12.8. The average Bonchev–Trinajstić information content (AvgIpc) is 2.46. The van der Waals surface area contributed by atoms with E-state index in [0.717, 1.165) is 16.7 Å². The maximum Gasteiger partial charge on any atom is 0.337 e. The van der Waals surface area contributed by atoms with Crippen LogP contribution in [0.25, 0.3) is 11.1 Å². The third-order valence-electron chi connectivity index (χ3n) is 2.99. The van der Waals surface area contributed by atoms with Crippen molar-refractivity contribution in [2.75, 3.05) is 7.11 Å². The fourth-order valence-corrected chi connectivity index (χ4v) is 2.03. The van der Waals surface area contributed by atoms with E-state index in [1.54, 1.807) is 18.2 Å². The van der Waals surface area contributed by atoms with Crippen molar-refractivity contribution in [3.05, 3.63) is 59.2 Å². The van der Waals surface area contributed by atoms with Gasteiger partial charge in [-0.05, 0) is 36.2 Å². The molecule has 3 nitrogen and oxygen atoms in total. The molecule has 0 spiro atoms. The molecule has 0 atom stereocenters. The van der Waals surface area contributed by atoms with Crippen LogP contribution in [0.2, 0.25) is 0 Å². The van der Waals surface area contributed by atoms with Gasteiger partial charge in [-0.1, -0.05) is 24.3 Å². The monoisotopic (exact) mass is 251 g/mol. The highest BCUT2D eigenvalue weighted by Gasteiger charge is 2.09. The summed E-state index contributed by atoms with van der Waals surface area (Å²) in [6.07, 6.45) is 0. The number of hydrogen-bond donors (Lipinski definition) is 0. The molecule has 0 heterocycles. The summed E-state index contributed by atoms with van der Waals surface area (Å²) in [7, 11) is 1.35. The smallest absolute Gasteiger partial charge is 0.337 e. The summed E-state index contributed by atoms with van der Waals surface area (Å²) in [6, 6.07) is 14.9. The lowest BCUT2D eigenvalue weighted by molar-refractivity contribution is 0.0601. The van der Waals surface area contributed by atoms with Gasteiger partial charge in [0.25, 0.3) is 0 Å². The van der Waals surface area contributed by atoms with Crippen LogP contribution in [0.5, 0.6) is 0 Å². The van der Waals surface area contributed by atoms with E-state index in [-0.39, 0.29) is 5.97 Å². The van der Waals surface area contributed by atoms with Crippen LogP contribution in [-0.4, -0.2) is 13.1 Å². The minimum atomic E-state index is -0.364. The van der Waals surface area contributed by atoms with Crippen LogP contribution in [-0.2, 0) is 4.74 Å². The molecule has 0 aromatic heterocycles. The van der Waals surface area contributed by atoms with E-state index in [4.69, 9.17) is 5.26 Å². The second kappa shape index (κ2) is 5.36. The quantitative estimate of drug-likeness (QED) is 0.769. The van der Waals surface area contributed by atoms with Gasteiger partial charge in [0.15, 0.2) is 0 Å². The van der Waals surface area contributed by atoms with Crippen LogP contribution in [0.4, 0.5) is 0 Å². The molecule has 94 valence electrons. The second-order valence-corrected chi connectivity index (χ2v) is 4.18. The Labute approximate surface area is 112 Å². The van der Waals surface area contributed by atoms with Crippen molar-refractivity contribution in [2.24, 2.45) is 0 Å². The molecule has 0 N–H and O–H groups in total. The average molecular weight is 251 g/mol. The highest BCUT2D eigenvalue weighted by atomic mass is 16.5. The topological polar surface area (TPSA) is 50.1 Å². The molecule has 2 aromatic carbocycles. The molecule has 0 unspecified atom stereocenters. The third kappa shape index (κ3) is 2.48. The van der Waals surface area contributed by atoms with Gasteiger partial charge in [0.2, 0.25) is 0 Å². The van der Waals surface area contributed by atoms with E-state index < -0.39 is 0 Å². The van der Waals surface area contributed by atoms with Gasteiger partial charge in [0.1, 0.15) is 0 Å². The van der Waals surface area contributed by atoms with Crippen LogP contribution in [0, 0.1) is 18.3 Å². The first-order valence-corrected chi connectivity index (χ1v) is 5.86. The Bertz CT molecular complexity index is 651. The van der Waals surface area contributed by atoms with E-state index in [2.05, 4.69) is 10.8 Å². The minimum absolute atomic E-state index is 0.364. The van der Waals surface area contributed by atoms with Crippen molar-refractivity contribution < 1.29 is 9.53 Å². The van der Waals surface area contributed by atoms with Gasteiger partial charge in [-0.15, -0.1) is 0 Å². The normalized spacial score (nSPS) is 9.74. The Hall–Kier alpha value is -2.60. The SMILES string of the molecule is COC(=O)c1ccc(-c2c(C)cccc2C#N)cc1. The minimum Gasteiger partial charge on any atom is -0.465 e. The van der Waals surface area contributed by atoms with Gasteiger partial charge >= 0.3 is 5.97 Å². The van der Waals surface area contributed by atoms with E-state index in [1.165, 1.54) is 7.11 Å². The molecule has 0 amide bonds. The summed E-state index contributed by atoms with van der Waals surface area (Å²) in [6.45, 7) is 1.96. The second-order valence-electron chi connectivity index (χ2n) is 4.18. The number of benzene rings is 2. The summed E-state index contributed by atoms with van der Waals surface area (Å²) in [5.41, 5.74) is 3.98. The molecule has 3 heteroatoms. The zero-order chi connectivity index (χ0) is 13.8. The Balaban J connectivity index is 2.49. The van der Waals surface area contributed by atoms with Gasteiger partial charge in [-0.25, -0.2) is 4.79 Å². The first-order valence-electron chi connectivity index (χ1n) is 5.86. The van der Waals surface area contributed by atoms with Crippen LogP contribution in [0.1, 0.15) is 21.5 Å². The zero-order valence-corrected chi connectivity index (χ0v) is 10.8. The van der Waals surface area contributed by atoms with Gasteiger partial charge in [0, 0.05) is 5.56 Å². The van der Waals surface area contributed by atoms with E-state index in [0.29, 0.717) is 11.1 Å². The summed E-state index contributed by atoms with van der Waals surface area (Å²) in [5, 5.41) is 9.16. The molecule has 2 aromatic rings. The number of carbonyl (C=O) groups excluding carboxylic acids is 1. The van der Waals surface area contributed by atoms with E-state index in [9.17, 15) is 4.79 Å².